The quantitative estimate of drug-likeness (QED) is 0.852. The van der Waals surface area contributed by atoms with Gasteiger partial charge in [0.15, 0.2) is 0 Å². The normalized spacial score (nSPS) is 16.2. The average Bonchev–Trinajstić information content (AvgIpc) is 3.20. The minimum atomic E-state index is -0.147. The molecule has 19 heavy (non-hydrogen) atoms. The number of anilines is 1. The summed E-state index contributed by atoms with van der Waals surface area (Å²) < 4.78 is 0. The van der Waals surface area contributed by atoms with Crippen molar-refractivity contribution >= 4 is 11.6 Å². The molecule has 1 aliphatic rings. The Hall–Kier alpha value is -1.35. The maximum atomic E-state index is 12.5. The fourth-order valence-corrected chi connectivity index (χ4v) is 2.60. The first kappa shape index (κ1) is 14.1. The second-order valence-corrected chi connectivity index (χ2v) is 5.59. The van der Waals surface area contributed by atoms with Crippen LogP contribution in [0.1, 0.15) is 31.7 Å². The van der Waals surface area contributed by atoms with Gasteiger partial charge in [0, 0.05) is 19.3 Å². The van der Waals surface area contributed by atoms with E-state index in [1.165, 1.54) is 5.56 Å². The highest BCUT2D eigenvalue weighted by Crippen LogP contribution is 2.46. The maximum absolute atomic E-state index is 12.5. The number of hydrogen-bond donors (Lipinski definition) is 1. The summed E-state index contributed by atoms with van der Waals surface area (Å²) in [5.41, 5.74) is 2.18. The number of benzene rings is 1. The van der Waals surface area contributed by atoms with E-state index in [0.29, 0.717) is 0 Å². The van der Waals surface area contributed by atoms with Gasteiger partial charge in [-0.15, -0.1) is 0 Å². The van der Waals surface area contributed by atoms with E-state index in [2.05, 4.69) is 36.5 Å². The highest BCUT2D eigenvalue weighted by Gasteiger charge is 2.50. The zero-order valence-corrected chi connectivity index (χ0v) is 12.2. The molecule has 0 saturated heterocycles. The zero-order chi connectivity index (χ0) is 13.9. The predicted molar refractivity (Wildman–Crippen MR) is 79.4 cm³/mol. The lowest BCUT2D eigenvalue weighted by Gasteiger charge is -2.23. The Morgan fingerprint density at radius 2 is 1.95 bits per heavy atom. The van der Waals surface area contributed by atoms with E-state index in [-0.39, 0.29) is 11.3 Å². The number of hydrogen-bond acceptors (Lipinski definition) is 2. The molecule has 0 atom stereocenters. The molecule has 1 fully saturated rings. The molecular formula is C16H24N2O. The van der Waals surface area contributed by atoms with E-state index < -0.39 is 0 Å². The van der Waals surface area contributed by atoms with Gasteiger partial charge in [-0.25, -0.2) is 0 Å². The molecular weight excluding hydrogens is 236 g/mol. The topological polar surface area (TPSA) is 32.3 Å². The Kier molecular flexibility index (Phi) is 4.25. The standard InChI is InChI=1S/C16H24N2O/c1-4-5-13-6-8-14(9-7-13)18(3)15(19)16(10-11-16)12-17-2/h6-9,17H,4-5,10-12H2,1-3H3. The second-order valence-electron chi connectivity index (χ2n) is 5.59. The van der Waals surface area contributed by atoms with E-state index in [0.717, 1.165) is 37.9 Å². The fraction of sp³-hybridized carbons (Fsp3) is 0.562. The van der Waals surface area contributed by atoms with E-state index in [1.54, 1.807) is 4.90 Å². The van der Waals surface area contributed by atoms with Gasteiger partial charge < -0.3 is 10.2 Å². The molecule has 1 amide bonds. The number of carbonyl (C=O) groups excluding carboxylic acids is 1. The zero-order valence-electron chi connectivity index (χ0n) is 12.2. The van der Waals surface area contributed by atoms with Gasteiger partial charge in [0.25, 0.3) is 0 Å². The summed E-state index contributed by atoms with van der Waals surface area (Å²) in [6, 6.07) is 8.36. The minimum Gasteiger partial charge on any atom is -0.319 e. The van der Waals surface area contributed by atoms with Gasteiger partial charge in [-0.1, -0.05) is 25.5 Å². The van der Waals surface area contributed by atoms with Gasteiger partial charge >= 0.3 is 0 Å². The van der Waals surface area contributed by atoms with Crippen molar-refractivity contribution < 1.29 is 4.79 Å². The van der Waals surface area contributed by atoms with Crippen molar-refractivity contribution in [2.45, 2.75) is 32.6 Å². The Balaban J connectivity index is 2.06. The number of rotatable bonds is 6. The van der Waals surface area contributed by atoms with Crippen LogP contribution in [0.25, 0.3) is 0 Å². The molecule has 0 radical (unpaired) electrons. The molecule has 104 valence electrons. The first-order valence-corrected chi connectivity index (χ1v) is 7.14. The summed E-state index contributed by atoms with van der Waals surface area (Å²) in [5, 5.41) is 3.14. The lowest BCUT2D eigenvalue weighted by atomic mass is 10.0. The van der Waals surface area contributed by atoms with E-state index in [1.807, 2.05) is 14.1 Å². The third kappa shape index (κ3) is 2.98. The van der Waals surface area contributed by atoms with Crippen molar-refractivity contribution in [1.82, 2.24) is 5.32 Å². The van der Waals surface area contributed by atoms with Gasteiger partial charge in [-0.3, -0.25) is 4.79 Å². The molecule has 1 saturated carbocycles. The van der Waals surface area contributed by atoms with Crippen LogP contribution < -0.4 is 10.2 Å². The van der Waals surface area contributed by atoms with Crippen LogP contribution in [-0.4, -0.2) is 26.5 Å². The third-order valence-electron chi connectivity index (χ3n) is 3.99. The van der Waals surface area contributed by atoms with Crippen LogP contribution in [-0.2, 0) is 11.2 Å². The Morgan fingerprint density at radius 3 is 2.42 bits per heavy atom. The van der Waals surface area contributed by atoms with E-state index >= 15 is 0 Å². The molecule has 3 nitrogen and oxygen atoms in total. The van der Waals surface area contributed by atoms with Crippen molar-refractivity contribution in [3.8, 4) is 0 Å². The van der Waals surface area contributed by atoms with Crippen molar-refractivity contribution in [3.63, 3.8) is 0 Å². The first-order chi connectivity index (χ1) is 9.13. The fourth-order valence-electron chi connectivity index (χ4n) is 2.60. The van der Waals surface area contributed by atoms with Gasteiger partial charge in [-0.2, -0.15) is 0 Å². The van der Waals surface area contributed by atoms with Crippen molar-refractivity contribution in [2.75, 3.05) is 25.5 Å². The summed E-state index contributed by atoms with van der Waals surface area (Å²) in [7, 11) is 3.79. The maximum Gasteiger partial charge on any atom is 0.234 e. The number of nitrogens with one attached hydrogen (secondary N) is 1. The number of nitrogens with zero attached hydrogens (tertiary/aromatic N) is 1. The highest BCUT2D eigenvalue weighted by atomic mass is 16.2. The molecule has 0 spiro atoms. The van der Waals surface area contributed by atoms with Crippen molar-refractivity contribution in [1.29, 1.82) is 0 Å². The molecule has 1 aromatic carbocycles. The molecule has 0 aliphatic heterocycles. The lowest BCUT2D eigenvalue weighted by molar-refractivity contribution is -0.123. The van der Waals surface area contributed by atoms with Crippen LogP contribution >= 0.6 is 0 Å². The van der Waals surface area contributed by atoms with Crippen LogP contribution in [0.15, 0.2) is 24.3 Å². The molecule has 3 heteroatoms. The van der Waals surface area contributed by atoms with Crippen LogP contribution in [0.4, 0.5) is 5.69 Å². The molecule has 0 aromatic heterocycles. The predicted octanol–water partition coefficient (Wildman–Crippen LogP) is 2.60. The highest BCUT2D eigenvalue weighted by molar-refractivity contribution is 5.99. The Bertz CT molecular complexity index is 435. The van der Waals surface area contributed by atoms with E-state index in [9.17, 15) is 4.79 Å². The third-order valence-corrected chi connectivity index (χ3v) is 3.99. The molecule has 0 heterocycles. The smallest absolute Gasteiger partial charge is 0.234 e. The largest absolute Gasteiger partial charge is 0.319 e. The second kappa shape index (κ2) is 5.74. The van der Waals surface area contributed by atoms with Crippen LogP contribution in [0.2, 0.25) is 0 Å². The molecule has 2 rings (SSSR count). The summed E-state index contributed by atoms with van der Waals surface area (Å²) >= 11 is 0. The molecule has 1 aromatic rings. The summed E-state index contributed by atoms with van der Waals surface area (Å²) in [6.07, 6.45) is 4.26. The molecule has 1 N–H and O–H groups in total. The van der Waals surface area contributed by atoms with Crippen LogP contribution in [0.3, 0.4) is 0 Å². The molecule has 0 bridgehead atoms. The van der Waals surface area contributed by atoms with E-state index in [4.69, 9.17) is 0 Å². The summed E-state index contributed by atoms with van der Waals surface area (Å²) in [4.78, 5) is 14.3. The Labute approximate surface area is 116 Å². The average molecular weight is 260 g/mol. The van der Waals surface area contributed by atoms with Gasteiger partial charge in [0.1, 0.15) is 0 Å². The van der Waals surface area contributed by atoms with Crippen molar-refractivity contribution in [2.24, 2.45) is 5.41 Å². The monoisotopic (exact) mass is 260 g/mol. The van der Waals surface area contributed by atoms with Crippen LogP contribution in [0.5, 0.6) is 0 Å². The lowest BCUT2D eigenvalue weighted by Crippen LogP contribution is -2.39. The summed E-state index contributed by atoms with van der Waals surface area (Å²) in [5.74, 6) is 0.241. The Morgan fingerprint density at radius 1 is 1.32 bits per heavy atom. The number of aryl methyl sites for hydroxylation is 1. The van der Waals surface area contributed by atoms with Gasteiger partial charge in [0.05, 0.1) is 5.41 Å². The van der Waals surface area contributed by atoms with Gasteiger partial charge in [-0.05, 0) is 44.0 Å². The van der Waals surface area contributed by atoms with Gasteiger partial charge in [0.2, 0.25) is 5.91 Å². The minimum absolute atomic E-state index is 0.147. The van der Waals surface area contributed by atoms with Crippen molar-refractivity contribution in [3.05, 3.63) is 29.8 Å². The van der Waals surface area contributed by atoms with Crippen LogP contribution in [0, 0.1) is 5.41 Å². The molecule has 1 aliphatic carbocycles. The SMILES string of the molecule is CCCc1ccc(N(C)C(=O)C2(CNC)CC2)cc1. The summed E-state index contributed by atoms with van der Waals surface area (Å²) in [6.45, 7) is 2.96. The first-order valence-electron chi connectivity index (χ1n) is 7.14. The number of amides is 1. The number of carbonyl (C=O) groups is 1. The molecule has 0 unspecified atom stereocenters.